The van der Waals surface area contributed by atoms with Gasteiger partial charge in [-0.1, -0.05) is 6.92 Å². The lowest BCUT2D eigenvalue weighted by molar-refractivity contribution is -0.385. The molecule has 0 aromatic heterocycles. The third kappa shape index (κ3) is 5.39. The highest BCUT2D eigenvalue weighted by Gasteiger charge is 2.20. The van der Waals surface area contributed by atoms with Gasteiger partial charge in [0.25, 0.3) is 11.6 Å². The molecule has 0 spiro atoms. The molecule has 0 atom stereocenters. The molecule has 2 aromatic rings. The van der Waals surface area contributed by atoms with Crippen molar-refractivity contribution in [3.63, 3.8) is 0 Å². The first kappa shape index (κ1) is 22.7. The van der Waals surface area contributed by atoms with Crippen molar-refractivity contribution >= 4 is 32.8 Å². The Kier molecular flexibility index (Phi) is 6.61. The van der Waals surface area contributed by atoms with Crippen LogP contribution >= 0.6 is 0 Å². The molecule has 1 fully saturated rings. The number of nitro benzene ring substituents is 1. The van der Waals surface area contributed by atoms with Crippen LogP contribution < -0.4 is 10.2 Å². The molecule has 1 aliphatic rings. The van der Waals surface area contributed by atoms with Crippen LogP contribution in [0.5, 0.6) is 0 Å². The van der Waals surface area contributed by atoms with Gasteiger partial charge >= 0.3 is 0 Å². The molecule has 1 heterocycles. The van der Waals surface area contributed by atoms with Gasteiger partial charge in [0.05, 0.1) is 9.82 Å². The van der Waals surface area contributed by atoms with Crippen molar-refractivity contribution in [3.8, 4) is 0 Å². The number of carbonyl (C=O) groups excluding carboxylic acids is 1. The van der Waals surface area contributed by atoms with Crippen molar-refractivity contribution in [1.82, 2.24) is 4.90 Å². The third-order valence-electron chi connectivity index (χ3n) is 5.44. The number of non-ortho nitro benzene ring substituents is 1. The molecule has 1 aliphatic heterocycles. The van der Waals surface area contributed by atoms with E-state index in [2.05, 4.69) is 22.0 Å². The lowest BCUT2D eigenvalue weighted by Gasteiger charge is -2.35. The van der Waals surface area contributed by atoms with Gasteiger partial charge in [0, 0.05) is 61.5 Å². The van der Waals surface area contributed by atoms with E-state index in [4.69, 9.17) is 0 Å². The average molecular weight is 447 g/mol. The first-order valence-electron chi connectivity index (χ1n) is 9.97. The molecule has 10 heteroatoms. The summed E-state index contributed by atoms with van der Waals surface area (Å²) < 4.78 is 23.7. The van der Waals surface area contributed by atoms with Crippen LogP contribution in [0, 0.1) is 17.0 Å². The number of nitrogens with one attached hydrogen (secondary N) is 1. The first-order valence-corrected chi connectivity index (χ1v) is 11.9. The molecule has 9 nitrogen and oxygen atoms in total. The highest BCUT2D eigenvalue weighted by molar-refractivity contribution is 7.90. The summed E-state index contributed by atoms with van der Waals surface area (Å²) in [6.07, 6.45) is 0.941. The minimum Gasteiger partial charge on any atom is -0.369 e. The highest BCUT2D eigenvalue weighted by Crippen LogP contribution is 2.26. The highest BCUT2D eigenvalue weighted by atomic mass is 32.2. The van der Waals surface area contributed by atoms with E-state index >= 15 is 0 Å². The Labute approximate surface area is 181 Å². The lowest BCUT2D eigenvalue weighted by atomic mass is 10.1. The number of likely N-dealkylation sites (N-methyl/N-ethyl adjacent to an activating group) is 1. The van der Waals surface area contributed by atoms with Crippen LogP contribution in [0.2, 0.25) is 0 Å². The Morgan fingerprint density at radius 2 is 1.81 bits per heavy atom. The number of hydrogen-bond donors (Lipinski definition) is 1. The van der Waals surface area contributed by atoms with E-state index in [0.717, 1.165) is 68.4 Å². The van der Waals surface area contributed by atoms with E-state index in [-0.39, 0.29) is 10.5 Å². The summed E-state index contributed by atoms with van der Waals surface area (Å²) >= 11 is 0. The van der Waals surface area contributed by atoms with Gasteiger partial charge in [0.2, 0.25) is 0 Å². The van der Waals surface area contributed by atoms with Crippen LogP contribution in [0.4, 0.5) is 17.1 Å². The molecular weight excluding hydrogens is 420 g/mol. The van der Waals surface area contributed by atoms with E-state index in [1.807, 2.05) is 19.1 Å². The molecule has 166 valence electrons. The molecule has 2 aromatic carbocycles. The number of amides is 1. The lowest BCUT2D eigenvalue weighted by Crippen LogP contribution is -2.46. The van der Waals surface area contributed by atoms with Crippen LogP contribution in [0.1, 0.15) is 22.8 Å². The van der Waals surface area contributed by atoms with E-state index < -0.39 is 26.4 Å². The fraction of sp³-hybridized carbons (Fsp3) is 0.381. The van der Waals surface area contributed by atoms with E-state index in [1.54, 1.807) is 6.07 Å². The summed E-state index contributed by atoms with van der Waals surface area (Å²) in [6.45, 7) is 8.93. The summed E-state index contributed by atoms with van der Waals surface area (Å²) in [7, 11) is -3.71. The second kappa shape index (κ2) is 9.03. The van der Waals surface area contributed by atoms with Crippen LogP contribution in [0.25, 0.3) is 0 Å². The van der Waals surface area contributed by atoms with Gasteiger partial charge < -0.3 is 15.1 Å². The zero-order chi connectivity index (χ0) is 22.8. The van der Waals surface area contributed by atoms with Crippen LogP contribution in [0.15, 0.2) is 41.3 Å². The number of sulfone groups is 1. The van der Waals surface area contributed by atoms with E-state index in [9.17, 15) is 23.3 Å². The third-order valence-corrected chi connectivity index (χ3v) is 6.53. The molecule has 1 saturated heterocycles. The maximum absolute atomic E-state index is 12.7. The Morgan fingerprint density at radius 3 is 2.35 bits per heavy atom. The summed E-state index contributed by atoms with van der Waals surface area (Å²) in [4.78, 5) is 27.6. The SMILES string of the molecule is CCN1CCN(c2ccc(NC(=O)c3cc([N+](=O)[O-])cc(S(C)(=O)=O)c3)c(C)c2)CC1. The molecule has 1 N–H and O–H groups in total. The minimum absolute atomic E-state index is 0.0891. The summed E-state index contributed by atoms with van der Waals surface area (Å²) in [6, 6.07) is 8.88. The smallest absolute Gasteiger partial charge is 0.271 e. The fourth-order valence-corrected chi connectivity index (χ4v) is 4.21. The van der Waals surface area contributed by atoms with Gasteiger partial charge in [-0.25, -0.2) is 8.42 Å². The second-order valence-corrected chi connectivity index (χ2v) is 9.64. The van der Waals surface area contributed by atoms with Crippen LogP contribution in [-0.2, 0) is 9.84 Å². The van der Waals surface area contributed by atoms with Crippen molar-refractivity contribution in [2.24, 2.45) is 0 Å². The molecule has 0 saturated carbocycles. The summed E-state index contributed by atoms with van der Waals surface area (Å²) in [5, 5.41) is 13.9. The zero-order valence-corrected chi connectivity index (χ0v) is 18.6. The minimum atomic E-state index is -3.71. The molecule has 0 bridgehead atoms. The molecule has 0 aliphatic carbocycles. The number of anilines is 2. The molecule has 0 radical (unpaired) electrons. The predicted molar refractivity (Wildman–Crippen MR) is 120 cm³/mol. The summed E-state index contributed by atoms with van der Waals surface area (Å²) in [5.41, 5.74) is 1.94. The molecule has 3 rings (SSSR count). The number of rotatable bonds is 6. The first-order chi connectivity index (χ1) is 14.6. The molecular formula is C21H26N4O5S. The number of carbonyl (C=O) groups is 1. The Bertz CT molecular complexity index is 1110. The van der Waals surface area contributed by atoms with Crippen molar-refractivity contribution in [1.29, 1.82) is 0 Å². The zero-order valence-electron chi connectivity index (χ0n) is 17.8. The number of benzene rings is 2. The molecule has 1 amide bonds. The standard InChI is InChI=1S/C21H26N4O5S/c1-4-23-7-9-24(10-8-23)17-5-6-20(15(2)11-17)22-21(26)16-12-18(25(27)28)14-19(13-16)31(3,29)30/h5-6,11-14H,4,7-10H2,1-3H3,(H,22,26). The van der Waals surface area contributed by atoms with Crippen molar-refractivity contribution in [2.45, 2.75) is 18.7 Å². The van der Waals surface area contributed by atoms with Crippen LogP contribution in [-0.4, -0.2) is 63.1 Å². The average Bonchev–Trinajstić information content (AvgIpc) is 2.74. The van der Waals surface area contributed by atoms with Gasteiger partial charge in [-0.2, -0.15) is 0 Å². The van der Waals surface area contributed by atoms with Crippen LogP contribution in [0.3, 0.4) is 0 Å². The quantitative estimate of drug-likeness (QED) is 0.536. The van der Waals surface area contributed by atoms with Gasteiger partial charge in [-0.3, -0.25) is 14.9 Å². The predicted octanol–water partition coefficient (Wildman–Crippen LogP) is 2.70. The number of hydrogen-bond acceptors (Lipinski definition) is 7. The Balaban J connectivity index is 1.81. The number of nitro groups is 1. The number of aryl methyl sites for hydroxylation is 1. The van der Waals surface area contributed by atoms with Crippen molar-refractivity contribution in [3.05, 3.63) is 57.6 Å². The topological polar surface area (TPSA) is 113 Å². The number of piperazine rings is 1. The maximum atomic E-state index is 12.7. The second-order valence-electron chi connectivity index (χ2n) is 7.62. The molecule has 0 unspecified atom stereocenters. The Morgan fingerprint density at radius 1 is 1.13 bits per heavy atom. The van der Waals surface area contributed by atoms with Gasteiger partial charge in [0.15, 0.2) is 9.84 Å². The normalized spacial score (nSPS) is 15.0. The monoisotopic (exact) mass is 446 g/mol. The fourth-order valence-electron chi connectivity index (χ4n) is 3.54. The van der Waals surface area contributed by atoms with Gasteiger partial charge in [0.1, 0.15) is 0 Å². The van der Waals surface area contributed by atoms with E-state index in [1.165, 1.54) is 0 Å². The van der Waals surface area contributed by atoms with Crippen molar-refractivity contribution < 1.29 is 18.1 Å². The maximum Gasteiger partial charge on any atom is 0.271 e. The summed E-state index contributed by atoms with van der Waals surface area (Å²) in [5.74, 6) is -0.610. The largest absolute Gasteiger partial charge is 0.369 e. The van der Waals surface area contributed by atoms with Crippen molar-refractivity contribution in [2.75, 3.05) is 49.2 Å². The van der Waals surface area contributed by atoms with Gasteiger partial charge in [-0.05, 0) is 43.3 Å². The molecule has 31 heavy (non-hydrogen) atoms. The number of nitrogens with zero attached hydrogens (tertiary/aromatic N) is 3. The van der Waals surface area contributed by atoms with Gasteiger partial charge in [-0.15, -0.1) is 0 Å². The van der Waals surface area contributed by atoms with E-state index in [0.29, 0.717) is 5.69 Å². The Hall–Kier alpha value is -2.98.